The van der Waals surface area contributed by atoms with E-state index in [1.165, 1.54) is 7.11 Å². The van der Waals surface area contributed by atoms with Gasteiger partial charge < -0.3 is 9.64 Å². The number of sulfonamides is 1. The fourth-order valence-electron chi connectivity index (χ4n) is 2.35. The molecule has 0 unspecified atom stereocenters. The molecular weight excluding hydrogens is 292 g/mol. The zero-order valence-corrected chi connectivity index (χ0v) is 13.1. The molecular formula is C14H20N2O4S. The number of nitrogens with zero attached hydrogens (tertiary/aromatic N) is 1. The highest BCUT2D eigenvalue weighted by atomic mass is 32.2. The van der Waals surface area contributed by atoms with E-state index in [1.807, 2.05) is 6.92 Å². The standard InChI is InChI=1S/C14H20N2O4S/c1-11-10-12(15-21(18,19)9-8-20-2)5-6-13(11)16-7-3-4-14(16)17/h5-6,10,15H,3-4,7-9H2,1-2H3. The Morgan fingerprint density at radius 1 is 1.38 bits per heavy atom. The van der Waals surface area contributed by atoms with Gasteiger partial charge in [0.25, 0.3) is 0 Å². The van der Waals surface area contributed by atoms with Crippen LogP contribution in [0.2, 0.25) is 0 Å². The number of ether oxygens (including phenoxy) is 1. The summed E-state index contributed by atoms with van der Waals surface area (Å²) in [4.78, 5) is 13.5. The fourth-order valence-corrected chi connectivity index (χ4v) is 3.32. The van der Waals surface area contributed by atoms with Gasteiger partial charge in [-0.3, -0.25) is 9.52 Å². The van der Waals surface area contributed by atoms with Gasteiger partial charge >= 0.3 is 0 Å². The first-order chi connectivity index (χ1) is 9.93. The molecule has 1 aromatic rings. The Morgan fingerprint density at radius 2 is 2.14 bits per heavy atom. The van der Waals surface area contributed by atoms with E-state index in [1.54, 1.807) is 23.1 Å². The minimum Gasteiger partial charge on any atom is -0.384 e. The maximum atomic E-state index is 11.8. The Balaban J connectivity index is 2.14. The minimum absolute atomic E-state index is 0.0884. The normalized spacial score (nSPS) is 15.5. The van der Waals surface area contributed by atoms with Gasteiger partial charge in [0, 0.05) is 31.5 Å². The Morgan fingerprint density at radius 3 is 2.71 bits per heavy atom. The molecule has 7 heteroatoms. The van der Waals surface area contributed by atoms with Crippen LogP contribution in [0.15, 0.2) is 18.2 Å². The predicted octanol–water partition coefficient (Wildman–Crippen LogP) is 1.51. The molecule has 21 heavy (non-hydrogen) atoms. The van der Waals surface area contributed by atoms with Crippen molar-refractivity contribution in [3.05, 3.63) is 23.8 Å². The number of hydrogen-bond donors (Lipinski definition) is 1. The number of nitrogens with one attached hydrogen (secondary N) is 1. The van der Waals surface area contributed by atoms with Crippen molar-refractivity contribution in [3.8, 4) is 0 Å². The Bertz CT molecular complexity index is 628. The molecule has 1 aliphatic heterocycles. The number of hydrogen-bond acceptors (Lipinski definition) is 4. The number of aryl methyl sites for hydroxylation is 1. The van der Waals surface area contributed by atoms with Gasteiger partial charge in [-0.15, -0.1) is 0 Å². The average molecular weight is 312 g/mol. The Hall–Kier alpha value is -1.60. The second-order valence-electron chi connectivity index (χ2n) is 5.06. The zero-order valence-electron chi connectivity index (χ0n) is 12.3. The second kappa shape index (κ2) is 6.44. The summed E-state index contributed by atoms with van der Waals surface area (Å²) in [5.41, 5.74) is 2.22. The molecule has 2 rings (SSSR count). The Labute approximate surface area is 125 Å². The molecule has 0 aliphatic carbocycles. The van der Waals surface area contributed by atoms with Crippen molar-refractivity contribution in [2.24, 2.45) is 0 Å². The summed E-state index contributed by atoms with van der Waals surface area (Å²) in [6, 6.07) is 5.20. The molecule has 0 radical (unpaired) electrons. The number of benzene rings is 1. The van der Waals surface area contributed by atoms with Gasteiger partial charge in [-0.2, -0.15) is 0 Å². The van der Waals surface area contributed by atoms with Gasteiger partial charge in [0.2, 0.25) is 15.9 Å². The summed E-state index contributed by atoms with van der Waals surface area (Å²) in [5, 5.41) is 0. The van der Waals surface area contributed by atoms with Gasteiger partial charge in [-0.1, -0.05) is 0 Å². The van der Waals surface area contributed by atoms with E-state index in [4.69, 9.17) is 4.74 Å². The van der Waals surface area contributed by atoms with Crippen molar-refractivity contribution in [3.63, 3.8) is 0 Å². The van der Waals surface area contributed by atoms with E-state index >= 15 is 0 Å². The summed E-state index contributed by atoms with van der Waals surface area (Å²) < 4.78 is 30.9. The molecule has 1 amide bonds. The summed E-state index contributed by atoms with van der Waals surface area (Å²) in [7, 11) is -1.95. The van der Waals surface area contributed by atoms with Crippen LogP contribution in [0, 0.1) is 6.92 Å². The van der Waals surface area contributed by atoms with Crippen LogP contribution in [-0.4, -0.2) is 40.3 Å². The molecule has 0 atom stereocenters. The van der Waals surface area contributed by atoms with Crippen molar-refractivity contribution in [1.29, 1.82) is 0 Å². The maximum Gasteiger partial charge on any atom is 0.234 e. The highest BCUT2D eigenvalue weighted by Crippen LogP contribution is 2.27. The fraction of sp³-hybridized carbons (Fsp3) is 0.500. The van der Waals surface area contributed by atoms with E-state index in [-0.39, 0.29) is 18.3 Å². The minimum atomic E-state index is -3.41. The highest BCUT2D eigenvalue weighted by molar-refractivity contribution is 7.92. The monoisotopic (exact) mass is 312 g/mol. The lowest BCUT2D eigenvalue weighted by Gasteiger charge is -2.19. The van der Waals surface area contributed by atoms with Crippen molar-refractivity contribution >= 4 is 27.3 Å². The summed E-state index contributed by atoms with van der Waals surface area (Å²) in [6.45, 7) is 2.74. The van der Waals surface area contributed by atoms with Crippen molar-refractivity contribution in [2.75, 3.05) is 35.6 Å². The molecule has 0 aromatic heterocycles. The maximum absolute atomic E-state index is 11.8. The molecule has 6 nitrogen and oxygen atoms in total. The quantitative estimate of drug-likeness (QED) is 0.864. The number of rotatable bonds is 6. The third-order valence-electron chi connectivity index (χ3n) is 3.39. The molecule has 1 heterocycles. The summed E-state index contributed by atoms with van der Waals surface area (Å²) in [5.74, 6) is 0.0288. The first-order valence-corrected chi connectivity index (χ1v) is 8.48. The molecule has 1 aromatic carbocycles. The van der Waals surface area contributed by atoms with Crippen molar-refractivity contribution in [1.82, 2.24) is 0 Å². The smallest absolute Gasteiger partial charge is 0.234 e. The van der Waals surface area contributed by atoms with Gasteiger partial charge in [0.15, 0.2) is 0 Å². The number of methoxy groups -OCH3 is 1. The number of carbonyl (C=O) groups is 1. The average Bonchev–Trinajstić information content (AvgIpc) is 2.82. The van der Waals surface area contributed by atoms with E-state index in [0.717, 1.165) is 24.2 Å². The van der Waals surface area contributed by atoms with Gasteiger partial charge in [-0.05, 0) is 37.1 Å². The second-order valence-corrected chi connectivity index (χ2v) is 6.91. The first kappa shape index (κ1) is 15.8. The summed E-state index contributed by atoms with van der Waals surface area (Å²) in [6.07, 6.45) is 1.44. The topological polar surface area (TPSA) is 75.7 Å². The van der Waals surface area contributed by atoms with Crippen molar-refractivity contribution < 1.29 is 17.9 Å². The lowest BCUT2D eigenvalue weighted by atomic mass is 10.1. The van der Waals surface area contributed by atoms with Crippen LogP contribution in [0.4, 0.5) is 11.4 Å². The number of anilines is 2. The van der Waals surface area contributed by atoms with Crippen LogP contribution in [0.25, 0.3) is 0 Å². The van der Waals surface area contributed by atoms with Crippen LogP contribution < -0.4 is 9.62 Å². The van der Waals surface area contributed by atoms with Crippen LogP contribution in [0.3, 0.4) is 0 Å². The Kier molecular flexibility index (Phi) is 4.84. The van der Waals surface area contributed by atoms with Gasteiger partial charge in [0.05, 0.1) is 12.4 Å². The molecule has 0 saturated carbocycles. The SMILES string of the molecule is COCCS(=O)(=O)Nc1ccc(N2CCCC2=O)c(C)c1. The molecule has 1 N–H and O–H groups in total. The molecule has 1 fully saturated rings. The van der Waals surface area contributed by atoms with E-state index in [2.05, 4.69) is 4.72 Å². The summed E-state index contributed by atoms with van der Waals surface area (Å²) >= 11 is 0. The number of carbonyl (C=O) groups excluding carboxylic acids is 1. The lowest BCUT2D eigenvalue weighted by Crippen LogP contribution is -2.24. The first-order valence-electron chi connectivity index (χ1n) is 6.83. The van der Waals surface area contributed by atoms with Crippen LogP contribution in [0.5, 0.6) is 0 Å². The lowest BCUT2D eigenvalue weighted by molar-refractivity contribution is -0.117. The zero-order chi connectivity index (χ0) is 15.5. The van der Waals surface area contributed by atoms with Crippen molar-refractivity contribution in [2.45, 2.75) is 19.8 Å². The van der Waals surface area contributed by atoms with E-state index in [0.29, 0.717) is 12.1 Å². The van der Waals surface area contributed by atoms with Crippen LogP contribution in [0.1, 0.15) is 18.4 Å². The third-order valence-corrected chi connectivity index (χ3v) is 4.64. The third kappa shape index (κ3) is 3.95. The largest absolute Gasteiger partial charge is 0.384 e. The molecule has 1 aliphatic rings. The molecule has 1 saturated heterocycles. The van der Waals surface area contributed by atoms with Crippen LogP contribution >= 0.6 is 0 Å². The predicted molar refractivity (Wildman–Crippen MR) is 82.1 cm³/mol. The number of amides is 1. The highest BCUT2D eigenvalue weighted by Gasteiger charge is 2.23. The van der Waals surface area contributed by atoms with Crippen LogP contribution in [-0.2, 0) is 19.6 Å². The molecule has 0 spiro atoms. The van der Waals surface area contributed by atoms with E-state index in [9.17, 15) is 13.2 Å². The van der Waals surface area contributed by atoms with E-state index < -0.39 is 10.0 Å². The molecule has 116 valence electrons. The van der Waals surface area contributed by atoms with Gasteiger partial charge in [0.1, 0.15) is 0 Å². The molecule has 0 bridgehead atoms. The van der Waals surface area contributed by atoms with Gasteiger partial charge in [-0.25, -0.2) is 8.42 Å².